The Kier molecular flexibility index (Phi) is 7.03. The lowest BCUT2D eigenvalue weighted by Crippen LogP contribution is -2.16. The molecule has 0 fully saturated rings. The van der Waals surface area contributed by atoms with E-state index in [9.17, 15) is 55.5 Å². The Bertz CT molecular complexity index is 1730. The Hall–Kier alpha value is -6.18. The van der Waals surface area contributed by atoms with E-state index in [0.29, 0.717) is 5.56 Å². The zero-order valence-corrected chi connectivity index (χ0v) is 21.7. The molecule has 4 aromatic rings. The highest BCUT2D eigenvalue weighted by molar-refractivity contribution is 5.93. The van der Waals surface area contributed by atoms with Crippen LogP contribution in [0.2, 0.25) is 0 Å². The molecule has 43 heavy (non-hydrogen) atoms. The van der Waals surface area contributed by atoms with Crippen molar-refractivity contribution in [2.75, 3.05) is 0 Å². The van der Waals surface area contributed by atoms with Gasteiger partial charge in [-0.3, -0.25) is 0 Å². The first-order chi connectivity index (χ1) is 20.3. The number of carbonyl (C=O) groups is 2. The van der Waals surface area contributed by atoms with Gasteiger partial charge in [0, 0.05) is 17.7 Å². The van der Waals surface area contributed by atoms with Crippen LogP contribution in [-0.4, -0.2) is 57.9 Å². The van der Waals surface area contributed by atoms with Gasteiger partial charge in [-0.05, 0) is 54.8 Å². The van der Waals surface area contributed by atoms with Crippen LogP contribution in [0.15, 0.2) is 48.5 Å². The highest BCUT2D eigenvalue weighted by Gasteiger charge is 2.28. The minimum atomic E-state index is -1.18. The molecule has 14 nitrogen and oxygen atoms in total. The maximum Gasteiger partial charge on any atom is 0.344 e. The van der Waals surface area contributed by atoms with Crippen LogP contribution in [0.1, 0.15) is 44.4 Å². The van der Waals surface area contributed by atoms with Crippen LogP contribution in [0.4, 0.5) is 0 Å². The highest BCUT2D eigenvalue weighted by atomic mass is 16.6. The number of esters is 2. The molecular formula is C29H22O14. The van der Waals surface area contributed by atoms with Crippen molar-refractivity contribution >= 4 is 11.9 Å². The van der Waals surface area contributed by atoms with Gasteiger partial charge in [0.1, 0.15) is 23.4 Å². The molecule has 0 spiro atoms. The fourth-order valence-electron chi connectivity index (χ4n) is 4.42. The lowest BCUT2D eigenvalue weighted by atomic mass is 9.96. The van der Waals surface area contributed by atoms with Crippen LogP contribution < -0.4 is 14.2 Å². The summed E-state index contributed by atoms with van der Waals surface area (Å²) in [5, 5.41) is 89.0. The molecule has 0 bridgehead atoms. The summed E-state index contributed by atoms with van der Waals surface area (Å²) in [5.41, 5.74) is -0.0551. The van der Waals surface area contributed by atoms with Crippen LogP contribution in [0.25, 0.3) is 0 Å². The number of phenolic OH excluding ortho intramolecular Hbond substituents is 9. The highest BCUT2D eigenvalue weighted by Crippen LogP contribution is 2.46. The predicted octanol–water partition coefficient (Wildman–Crippen LogP) is 3.54. The number of carbonyl (C=O) groups excluding carboxylic acids is 2. The van der Waals surface area contributed by atoms with E-state index in [0.717, 1.165) is 42.5 Å². The molecule has 1 aliphatic heterocycles. The summed E-state index contributed by atoms with van der Waals surface area (Å²) >= 11 is 0. The largest absolute Gasteiger partial charge is 0.507 e. The average Bonchev–Trinajstić information content (AvgIpc) is 2.95. The summed E-state index contributed by atoms with van der Waals surface area (Å²) in [7, 11) is 0. The summed E-state index contributed by atoms with van der Waals surface area (Å²) in [6, 6.07) is 8.17. The first-order valence-electron chi connectivity index (χ1n) is 12.3. The molecule has 5 rings (SSSR count). The van der Waals surface area contributed by atoms with E-state index in [1.54, 1.807) is 0 Å². The first kappa shape index (κ1) is 28.4. The maximum atomic E-state index is 12.5. The third kappa shape index (κ3) is 5.44. The van der Waals surface area contributed by atoms with Crippen molar-refractivity contribution in [1.82, 2.24) is 0 Å². The second kappa shape index (κ2) is 10.7. The second-order valence-electron chi connectivity index (χ2n) is 9.46. The number of hydrogen-bond donors (Lipinski definition) is 9. The van der Waals surface area contributed by atoms with Crippen molar-refractivity contribution in [2.24, 2.45) is 0 Å². The van der Waals surface area contributed by atoms with Gasteiger partial charge in [-0.25, -0.2) is 9.59 Å². The van der Waals surface area contributed by atoms with Crippen molar-refractivity contribution in [3.8, 4) is 69.0 Å². The number of fused-ring (bicyclic) bond motifs is 1. The van der Waals surface area contributed by atoms with E-state index in [2.05, 4.69) is 0 Å². The molecular weight excluding hydrogens is 572 g/mol. The lowest BCUT2D eigenvalue weighted by molar-refractivity contribution is 0.0718. The fourth-order valence-corrected chi connectivity index (χ4v) is 4.42. The Morgan fingerprint density at radius 2 is 1.09 bits per heavy atom. The second-order valence-corrected chi connectivity index (χ2v) is 9.46. The van der Waals surface area contributed by atoms with Crippen molar-refractivity contribution in [3.63, 3.8) is 0 Å². The van der Waals surface area contributed by atoms with Gasteiger partial charge in [0.25, 0.3) is 0 Å². The standard InChI is InChI=1S/C29H22O14/c30-16-9-14(41-28(39)12-5-17(31)25(37)18(32)6-12)10-24-15(16)1-2-23(42-24)11-3-21(35)27(22(36)4-11)43-29(40)13-7-19(33)26(38)20(34)8-13/h3-10,23,30-38H,1-2H2. The van der Waals surface area contributed by atoms with Crippen LogP contribution >= 0.6 is 0 Å². The van der Waals surface area contributed by atoms with Gasteiger partial charge in [0.05, 0.1) is 11.1 Å². The normalized spacial score (nSPS) is 13.9. The molecule has 1 aliphatic rings. The molecule has 0 amide bonds. The van der Waals surface area contributed by atoms with Gasteiger partial charge >= 0.3 is 11.9 Å². The maximum absolute atomic E-state index is 12.5. The van der Waals surface area contributed by atoms with Crippen molar-refractivity contribution in [3.05, 3.63) is 70.8 Å². The quantitative estimate of drug-likeness (QED) is 0.0912. The van der Waals surface area contributed by atoms with Crippen LogP contribution in [0.5, 0.6) is 69.0 Å². The Morgan fingerprint density at radius 3 is 1.60 bits per heavy atom. The van der Waals surface area contributed by atoms with Crippen LogP contribution in [-0.2, 0) is 6.42 Å². The van der Waals surface area contributed by atoms with Gasteiger partial charge in [0.15, 0.2) is 46.0 Å². The molecule has 0 saturated heterocycles. The van der Waals surface area contributed by atoms with E-state index < -0.39 is 75.4 Å². The van der Waals surface area contributed by atoms with Crippen LogP contribution in [0, 0.1) is 0 Å². The topological polar surface area (TPSA) is 244 Å². The van der Waals surface area contributed by atoms with Gasteiger partial charge < -0.3 is 60.2 Å². The summed E-state index contributed by atoms with van der Waals surface area (Å²) in [6.45, 7) is 0. The molecule has 0 saturated carbocycles. The van der Waals surface area contributed by atoms with Crippen LogP contribution in [0.3, 0.4) is 0 Å². The van der Waals surface area contributed by atoms with E-state index in [1.165, 1.54) is 6.07 Å². The number of phenols is 9. The van der Waals surface area contributed by atoms with Gasteiger partial charge in [-0.2, -0.15) is 0 Å². The third-order valence-corrected chi connectivity index (χ3v) is 6.54. The molecule has 0 aromatic heterocycles. The van der Waals surface area contributed by atoms with E-state index in [4.69, 9.17) is 14.2 Å². The summed E-state index contributed by atoms with van der Waals surface area (Å²) < 4.78 is 16.2. The van der Waals surface area contributed by atoms with Crippen molar-refractivity contribution in [1.29, 1.82) is 0 Å². The zero-order valence-electron chi connectivity index (χ0n) is 21.7. The molecule has 1 heterocycles. The van der Waals surface area contributed by atoms with E-state index in [1.807, 2.05) is 0 Å². The Balaban J connectivity index is 1.35. The number of rotatable bonds is 5. The number of aromatic hydroxyl groups is 9. The van der Waals surface area contributed by atoms with Gasteiger partial charge in [-0.15, -0.1) is 0 Å². The van der Waals surface area contributed by atoms with Gasteiger partial charge in [0.2, 0.25) is 5.75 Å². The first-order valence-corrected chi connectivity index (χ1v) is 12.3. The summed E-state index contributed by atoms with van der Waals surface area (Å²) in [4.78, 5) is 25.0. The molecule has 222 valence electrons. The van der Waals surface area contributed by atoms with Crippen molar-refractivity contribution < 1.29 is 69.8 Å². The molecule has 9 N–H and O–H groups in total. The SMILES string of the molecule is O=C(Oc1cc(O)c2c(c1)OC(c1cc(O)c(OC(=O)c3cc(O)c(O)c(O)c3)c(O)c1)CC2)c1cc(O)c(O)c(O)c1. The predicted molar refractivity (Wildman–Crippen MR) is 142 cm³/mol. The Labute approximate surface area is 240 Å². The average molecular weight is 594 g/mol. The molecule has 0 aliphatic carbocycles. The monoisotopic (exact) mass is 594 g/mol. The lowest BCUT2D eigenvalue weighted by Gasteiger charge is -2.27. The van der Waals surface area contributed by atoms with E-state index >= 15 is 0 Å². The van der Waals surface area contributed by atoms with Crippen molar-refractivity contribution in [2.45, 2.75) is 18.9 Å². The fraction of sp³-hybridized carbons (Fsp3) is 0.103. The molecule has 4 aromatic carbocycles. The summed E-state index contributed by atoms with van der Waals surface area (Å²) in [6.07, 6.45) is -0.252. The molecule has 1 atom stereocenters. The minimum absolute atomic E-state index is 0.108. The molecule has 1 unspecified atom stereocenters. The number of benzene rings is 4. The Morgan fingerprint density at radius 1 is 0.605 bits per heavy atom. The van der Waals surface area contributed by atoms with Gasteiger partial charge in [-0.1, -0.05) is 0 Å². The third-order valence-electron chi connectivity index (χ3n) is 6.54. The van der Waals surface area contributed by atoms with E-state index in [-0.39, 0.29) is 41.2 Å². The minimum Gasteiger partial charge on any atom is -0.507 e. The summed E-state index contributed by atoms with van der Waals surface area (Å²) in [5.74, 6) is -9.23. The number of ether oxygens (including phenoxy) is 3. The zero-order chi connectivity index (χ0) is 31.2. The number of hydrogen-bond acceptors (Lipinski definition) is 14. The smallest absolute Gasteiger partial charge is 0.344 e. The molecule has 0 radical (unpaired) electrons. The molecule has 14 heteroatoms.